The summed E-state index contributed by atoms with van der Waals surface area (Å²) in [5, 5.41) is 10.6. The van der Waals surface area contributed by atoms with Crippen LogP contribution in [0.3, 0.4) is 0 Å². The van der Waals surface area contributed by atoms with Crippen LogP contribution < -0.4 is 0 Å². The van der Waals surface area contributed by atoms with Gasteiger partial charge in [0, 0.05) is 35.9 Å². The zero-order valence-corrected chi connectivity index (χ0v) is 13.0. The Balaban J connectivity index is 2.61. The predicted molar refractivity (Wildman–Crippen MR) is 86.0 cm³/mol. The zero-order chi connectivity index (χ0) is 15.7. The smallest absolute Gasteiger partial charge is 0.131 e. The van der Waals surface area contributed by atoms with Gasteiger partial charge in [0.1, 0.15) is 11.6 Å². The topological polar surface area (TPSA) is 23.5 Å². The summed E-state index contributed by atoms with van der Waals surface area (Å²) in [5.41, 5.74) is 2.96. The average Bonchev–Trinajstić information content (AvgIpc) is 2.43. The summed E-state index contributed by atoms with van der Waals surface area (Å²) in [6.07, 6.45) is 0. The molecule has 0 atom stereocenters. The molecule has 0 saturated carbocycles. The monoisotopic (exact) mass is 305 g/mol. The second-order valence-electron chi connectivity index (χ2n) is 5.15. The molecule has 2 rings (SSSR count). The fourth-order valence-corrected chi connectivity index (χ4v) is 2.22. The van der Waals surface area contributed by atoms with Crippen LogP contribution in [-0.2, 0) is 0 Å². The number of benzene rings is 2. The van der Waals surface area contributed by atoms with Gasteiger partial charge < -0.3 is 10.0 Å². The quantitative estimate of drug-likeness (QED) is 0.889. The standard InChI is InChI=1S/C17H17ClFNO/c1-10-7-17(21)14(9-15(10)18)13-8-12(5-6-16(13)19)11(2)20(3)4/h5-9,21H,2H2,1,3-4H3. The normalized spacial score (nSPS) is 10.5. The summed E-state index contributed by atoms with van der Waals surface area (Å²) in [7, 11) is 3.73. The first kappa shape index (κ1) is 15.4. The molecule has 0 aliphatic heterocycles. The van der Waals surface area contributed by atoms with E-state index in [1.165, 1.54) is 12.1 Å². The van der Waals surface area contributed by atoms with Crippen LogP contribution in [0.4, 0.5) is 4.39 Å². The number of halogens is 2. The van der Waals surface area contributed by atoms with E-state index >= 15 is 0 Å². The third-order valence-electron chi connectivity index (χ3n) is 3.41. The van der Waals surface area contributed by atoms with Crippen molar-refractivity contribution in [3.63, 3.8) is 0 Å². The Kier molecular flexibility index (Phi) is 4.24. The van der Waals surface area contributed by atoms with E-state index in [9.17, 15) is 9.50 Å². The van der Waals surface area contributed by atoms with Crippen molar-refractivity contribution in [2.45, 2.75) is 6.92 Å². The van der Waals surface area contributed by atoms with E-state index in [0.29, 0.717) is 16.1 Å². The lowest BCUT2D eigenvalue weighted by Crippen LogP contribution is -2.08. The first-order valence-corrected chi connectivity index (χ1v) is 6.84. The van der Waals surface area contributed by atoms with Crippen LogP contribution in [-0.4, -0.2) is 24.1 Å². The van der Waals surface area contributed by atoms with Crippen LogP contribution >= 0.6 is 11.6 Å². The molecular formula is C17H17ClFNO. The van der Waals surface area contributed by atoms with Gasteiger partial charge in [0.15, 0.2) is 0 Å². The van der Waals surface area contributed by atoms with Crippen molar-refractivity contribution in [2.24, 2.45) is 0 Å². The second kappa shape index (κ2) is 5.78. The Morgan fingerprint density at radius 1 is 1.19 bits per heavy atom. The van der Waals surface area contributed by atoms with E-state index in [1.807, 2.05) is 19.0 Å². The maximum absolute atomic E-state index is 14.1. The van der Waals surface area contributed by atoms with E-state index in [0.717, 1.165) is 16.8 Å². The molecule has 4 heteroatoms. The third-order valence-corrected chi connectivity index (χ3v) is 3.81. The first-order valence-electron chi connectivity index (χ1n) is 6.47. The minimum absolute atomic E-state index is 0.00316. The molecule has 0 aliphatic rings. The van der Waals surface area contributed by atoms with Crippen molar-refractivity contribution in [3.05, 3.63) is 58.9 Å². The molecule has 0 heterocycles. The molecule has 0 aromatic heterocycles. The van der Waals surface area contributed by atoms with Gasteiger partial charge in [-0.15, -0.1) is 0 Å². The second-order valence-corrected chi connectivity index (χ2v) is 5.56. The lowest BCUT2D eigenvalue weighted by Gasteiger charge is -2.17. The number of rotatable bonds is 3. The van der Waals surface area contributed by atoms with Crippen LogP contribution in [0.1, 0.15) is 11.1 Å². The maximum atomic E-state index is 14.1. The molecule has 2 aromatic rings. The highest BCUT2D eigenvalue weighted by atomic mass is 35.5. The van der Waals surface area contributed by atoms with Gasteiger partial charge in [0.05, 0.1) is 0 Å². The molecule has 21 heavy (non-hydrogen) atoms. The number of nitrogens with zero attached hydrogens (tertiary/aromatic N) is 1. The summed E-state index contributed by atoms with van der Waals surface area (Å²) in [6, 6.07) is 7.80. The van der Waals surface area contributed by atoms with Crippen LogP contribution in [0.5, 0.6) is 5.75 Å². The van der Waals surface area contributed by atoms with E-state index in [-0.39, 0.29) is 5.75 Å². The van der Waals surface area contributed by atoms with E-state index in [4.69, 9.17) is 11.6 Å². The minimum Gasteiger partial charge on any atom is -0.507 e. The number of phenolic OH excluding ortho intramolecular Hbond substituents is 1. The van der Waals surface area contributed by atoms with Gasteiger partial charge in [-0.2, -0.15) is 0 Å². The Morgan fingerprint density at radius 2 is 1.86 bits per heavy atom. The molecule has 0 bridgehead atoms. The molecule has 110 valence electrons. The Hall–Kier alpha value is -2.00. The number of phenols is 1. The Bertz CT molecular complexity index is 710. The highest BCUT2D eigenvalue weighted by Gasteiger charge is 2.14. The summed E-state index contributed by atoms with van der Waals surface area (Å²) >= 11 is 6.08. The van der Waals surface area contributed by atoms with Gasteiger partial charge in [0.25, 0.3) is 0 Å². The molecule has 0 fully saturated rings. The average molecular weight is 306 g/mol. The van der Waals surface area contributed by atoms with E-state index in [2.05, 4.69) is 6.58 Å². The van der Waals surface area contributed by atoms with Crippen molar-refractivity contribution in [3.8, 4) is 16.9 Å². The summed E-state index contributed by atoms with van der Waals surface area (Å²) in [4.78, 5) is 1.85. The van der Waals surface area contributed by atoms with Crippen molar-refractivity contribution in [1.82, 2.24) is 4.90 Å². The summed E-state index contributed by atoms with van der Waals surface area (Å²) in [5.74, 6) is -0.413. The molecule has 0 saturated heterocycles. The molecule has 0 spiro atoms. The van der Waals surface area contributed by atoms with Crippen molar-refractivity contribution >= 4 is 17.3 Å². The van der Waals surface area contributed by atoms with Crippen molar-refractivity contribution in [1.29, 1.82) is 0 Å². The number of hydrogen-bond acceptors (Lipinski definition) is 2. The van der Waals surface area contributed by atoms with Crippen LogP contribution in [0.15, 0.2) is 36.9 Å². The number of aryl methyl sites for hydroxylation is 1. The third kappa shape index (κ3) is 3.03. The molecule has 2 nitrogen and oxygen atoms in total. The largest absolute Gasteiger partial charge is 0.507 e. The maximum Gasteiger partial charge on any atom is 0.131 e. The highest BCUT2D eigenvalue weighted by Crippen LogP contribution is 2.36. The van der Waals surface area contributed by atoms with Gasteiger partial charge in [-0.05, 0) is 48.4 Å². The highest BCUT2D eigenvalue weighted by molar-refractivity contribution is 6.31. The van der Waals surface area contributed by atoms with Crippen LogP contribution in [0.2, 0.25) is 5.02 Å². The van der Waals surface area contributed by atoms with E-state index < -0.39 is 5.82 Å². The van der Waals surface area contributed by atoms with Crippen LogP contribution in [0.25, 0.3) is 16.8 Å². The van der Waals surface area contributed by atoms with Crippen LogP contribution in [0, 0.1) is 12.7 Å². The fraction of sp³-hybridized carbons (Fsp3) is 0.176. The molecule has 0 radical (unpaired) electrons. The SMILES string of the molecule is C=C(c1ccc(F)c(-c2cc(Cl)c(C)cc2O)c1)N(C)C. The molecule has 0 amide bonds. The number of aromatic hydroxyl groups is 1. The fourth-order valence-electron chi connectivity index (χ4n) is 2.05. The molecular weight excluding hydrogens is 289 g/mol. The van der Waals surface area contributed by atoms with Gasteiger partial charge in [0.2, 0.25) is 0 Å². The van der Waals surface area contributed by atoms with Gasteiger partial charge >= 0.3 is 0 Å². The molecule has 1 N–H and O–H groups in total. The van der Waals surface area contributed by atoms with Crippen molar-refractivity contribution in [2.75, 3.05) is 14.1 Å². The van der Waals surface area contributed by atoms with Gasteiger partial charge in [-0.3, -0.25) is 0 Å². The zero-order valence-electron chi connectivity index (χ0n) is 12.2. The Labute approximate surface area is 129 Å². The van der Waals surface area contributed by atoms with Gasteiger partial charge in [-0.25, -0.2) is 4.39 Å². The minimum atomic E-state index is -0.416. The summed E-state index contributed by atoms with van der Waals surface area (Å²) < 4.78 is 14.1. The number of hydrogen-bond donors (Lipinski definition) is 1. The van der Waals surface area contributed by atoms with Gasteiger partial charge in [-0.1, -0.05) is 18.2 Å². The lowest BCUT2D eigenvalue weighted by atomic mass is 9.99. The Morgan fingerprint density at radius 3 is 2.48 bits per heavy atom. The van der Waals surface area contributed by atoms with Crippen molar-refractivity contribution < 1.29 is 9.50 Å². The molecule has 0 aliphatic carbocycles. The van der Waals surface area contributed by atoms with E-state index in [1.54, 1.807) is 25.1 Å². The first-order chi connectivity index (χ1) is 9.81. The molecule has 2 aromatic carbocycles. The predicted octanol–water partition coefficient (Wildman–Crippen LogP) is 4.69. The summed E-state index contributed by atoms with van der Waals surface area (Å²) in [6.45, 7) is 5.74. The molecule has 0 unspecified atom stereocenters. The lowest BCUT2D eigenvalue weighted by molar-refractivity contribution is 0.476.